The van der Waals surface area contributed by atoms with E-state index in [9.17, 15) is 9.13 Å². The average Bonchev–Trinajstić information content (AvgIpc) is 2.84. The fraction of sp³-hybridized carbons (Fsp3) is 1.00. The fourth-order valence-electron chi connectivity index (χ4n) is 2.56. The Hall–Kier alpha value is 0.260. The fourth-order valence-corrected chi connectivity index (χ4v) is 7.18. The van der Waals surface area contributed by atoms with Crippen LogP contribution in [-0.2, 0) is 32.0 Å². The molecule has 0 spiro atoms. The summed E-state index contributed by atoms with van der Waals surface area (Å²) >= 11 is 0. The van der Waals surface area contributed by atoms with Crippen LogP contribution >= 0.6 is 15.2 Å². The predicted octanol–water partition coefficient (Wildman–Crippen LogP) is 5.54. The van der Waals surface area contributed by atoms with Crippen LogP contribution in [0.4, 0.5) is 0 Å². The molecule has 1 aliphatic heterocycles. The third-order valence-corrected chi connectivity index (χ3v) is 8.14. The number of rotatable bonds is 10. The Kier molecular flexibility index (Phi) is 8.81. The van der Waals surface area contributed by atoms with E-state index in [1.807, 2.05) is 0 Å². The molecule has 0 aromatic carbocycles. The predicted molar refractivity (Wildman–Crippen MR) is 98.0 cm³/mol. The molecule has 1 rings (SSSR count). The molecule has 0 bridgehead atoms. The highest BCUT2D eigenvalue weighted by molar-refractivity contribution is 7.55. The maximum Gasteiger partial charge on any atom is 0.359 e. The first-order valence-corrected chi connectivity index (χ1v) is 12.2. The first-order chi connectivity index (χ1) is 11.4. The van der Waals surface area contributed by atoms with Crippen molar-refractivity contribution in [3.8, 4) is 0 Å². The van der Waals surface area contributed by atoms with Gasteiger partial charge in [-0.05, 0) is 68.2 Å². The molecule has 9 heteroatoms. The van der Waals surface area contributed by atoms with Gasteiger partial charge in [-0.1, -0.05) is 0 Å². The molecule has 0 aromatic heterocycles. The SMILES string of the molecule is CC(C)OP(=O)(OC(C)C)C1CCC(P(=O)(OC(C)C)OC(C)C)O1. The van der Waals surface area contributed by atoms with E-state index >= 15 is 0 Å². The molecule has 25 heavy (non-hydrogen) atoms. The summed E-state index contributed by atoms with van der Waals surface area (Å²) in [7, 11) is -7.02. The maximum atomic E-state index is 13.2. The molecule has 0 aliphatic carbocycles. The molecule has 1 saturated heterocycles. The van der Waals surface area contributed by atoms with Crippen LogP contribution in [0.25, 0.3) is 0 Å². The highest BCUT2D eigenvalue weighted by atomic mass is 31.2. The molecule has 2 atom stereocenters. The van der Waals surface area contributed by atoms with Crippen molar-refractivity contribution >= 4 is 15.2 Å². The van der Waals surface area contributed by atoms with Crippen LogP contribution in [0, 0.1) is 0 Å². The van der Waals surface area contributed by atoms with Crippen molar-refractivity contribution in [2.24, 2.45) is 0 Å². The van der Waals surface area contributed by atoms with E-state index < -0.39 is 26.9 Å². The topological polar surface area (TPSA) is 80.3 Å². The van der Waals surface area contributed by atoms with E-state index in [2.05, 4.69) is 0 Å². The average molecular weight is 400 g/mol. The van der Waals surface area contributed by atoms with E-state index in [1.165, 1.54) is 0 Å². The first-order valence-electron chi connectivity index (χ1n) is 8.96. The molecule has 150 valence electrons. The van der Waals surface area contributed by atoms with Crippen molar-refractivity contribution in [2.75, 3.05) is 0 Å². The van der Waals surface area contributed by atoms with Crippen LogP contribution in [0.3, 0.4) is 0 Å². The summed E-state index contributed by atoms with van der Waals surface area (Å²) < 4.78 is 54.7. The Bertz CT molecular complexity index is 433. The van der Waals surface area contributed by atoms with E-state index in [0.29, 0.717) is 12.8 Å². The van der Waals surface area contributed by atoms with Crippen molar-refractivity contribution in [1.82, 2.24) is 0 Å². The lowest BCUT2D eigenvalue weighted by molar-refractivity contribution is 0.0477. The molecular weight excluding hydrogens is 366 g/mol. The molecular formula is C16H34O7P2. The second kappa shape index (κ2) is 9.45. The second-order valence-corrected chi connectivity index (χ2v) is 11.5. The smallest absolute Gasteiger partial charge is 0.350 e. The van der Waals surface area contributed by atoms with Crippen LogP contribution in [0.5, 0.6) is 0 Å². The molecule has 0 saturated carbocycles. The quantitative estimate of drug-likeness (QED) is 0.446. The first kappa shape index (κ1) is 23.3. The molecule has 0 amide bonds. The van der Waals surface area contributed by atoms with Gasteiger partial charge in [-0.2, -0.15) is 0 Å². The lowest BCUT2D eigenvalue weighted by atomic mass is 10.4. The van der Waals surface area contributed by atoms with Crippen molar-refractivity contribution in [3.63, 3.8) is 0 Å². The summed E-state index contributed by atoms with van der Waals surface area (Å²) in [6, 6.07) is 0. The number of hydrogen-bond donors (Lipinski definition) is 0. The van der Waals surface area contributed by atoms with E-state index in [-0.39, 0.29) is 24.4 Å². The van der Waals surface area contributed by atoms with Crippen LogP contribution in [0.2, 0.25) is 0 Å². The molecule has 1 fully saturated rings. The van der Waals surface area contributed by atoms with Crippen LogP contribution in [0.15, 0.2) is 0 Å². The van der Waals surface area contributed by atoms with Gasteiger partial charge >= 0.3 is 15.2 Å². The Morgan fingerprint density at radius 3 is 1.08 bits per heavy atom. The van der Waals surface area contributed by atoms with E-state index in [1.54, 1.807) is 55.4 Å². The second-order valence-electron chi connectivity index (χ2n) is 7.32. The van der Waals surface area contributed by atoms with E-state index in [4.69, 9.17) is 22.8 Å². The lowest BCUT2D eigenvalue weighted by Crippen LogP contribution is -2.21. The highest BCUT2D eigenvalue weighted by Gasteiger charge is 2.51. The summed E-state index contributed by atoms with van der Waals surface area (Å²) in [5.74, 6) is -1.55. The maximum absolute atomic E-state index is 13.2. The van der Waals surface area contributed by atoms with Gasteiger partial charge in [-0.3, -0.25) is 9.13 Å². The standard InChI is InChI=1S/C16H34O7P2/c1-11(2)20-24(17,21-12(3)4)15-9-10-16(19-15)25(18,22-13(5)6)23-14(7)8/h11-16H,9-10H2,1-8H3. The van der Waals surface area contributed by atoms with Gasteiger partial charge in [-0.15, -0.1) is 0 Å². The minimum atomic E-state index is -3.51. The monoisotopic (exact) mass is 400 g/mol. The summed E-state index contributed by atoms with van der Waals surface area (Å²) in [5.41, 5.74) is 0. The molecule has 2 unspecified atom stereocenters. The van der Waals surface area contributed by atoms with Gasteiger partial charge in [0.25, 0.3) is 0 Å². The van der Waals surface area contributed by atoms with Crippen molar-refractivity contribution in [1.29, 1.82) is 0 Å². The number of hydrogen-bond acceptors (Lipinski definition) is 7. The van der Waals surface area contributed by atoms with Crippen LogP contribution < -0.4 is 0 Å². The third-order valence-electron chi connectivity index (χ3n) is 3.11. The Morgan fingerprint density at radius 2 is 0.880 bits per heavy atom. The molecule has 0 aromatic rings. The molecule has 0 N–H and O–H groups in total. The van der Waals surface area contributed by atoms with Crippen LogP contribution in [-0.4, -0.2) is 36.1 Å². The van der Waals surface area contributed by atoms with Gasteiger partial charge in [0.15, 0.2) is 11.7 Å². The van der Waals surface area contributed by atoms with Crippen molar-refractivity contribution < 1.29 is 32.0 Å². The zero-order chi connectivity index (χ0) is 19.4. The van der Waals surface area contributed by atoms with Crippen molar-refractivity contribution in [2.45, 2.75) is 104 Å². The largest absolute Gasteiger partial charge is 0.359 e. The van der Waals surface area contributed by atoms with Gasteiger partial charge < -0.3 is 22.8 Å². The summed E-state index contributed by atoms with van der Waals surface area (Å²) in [4.78, 5) is 0. The third kappa shape index (κ3) is 7.06. The molecule has 1 aliphatic rings. The Labute approximate surface area is 152 Å². The van der Waals surface area contributed by atoms with E-state index in [0.717, 1.165) is 0 Å². The number of ether oxygens (including phenoxy) is 1. The Morgan fingerprint density at radius 1 is 0.640 bits per heavy atom. The van der Waals surface area contributed by atoms with Gasteiger partial charge in [-0.25, -0.2) is 0 Å². The Balaban J connectivity index is 2.98. The van der Waals surface area contributed by atoms with Gasteiger partial charge in [0.2, 0.25) is 0 Å². The van der Waals surface area contributed by atoms with Gasteiger partial charge in [0.05, 0.1) is 24.4 Å². The van der Waals surface area contributed by atoms with Gasteiger partial charge in [0.1, 0.15) is 0 Å². The zero-order valence-corrected chi connectivity index (χ0v) is 18.4. The molecule has 1 heterocycles. The highest BCUT2D eigenvalue weighted by Crippen LogP contribution is 2.65. The van der Waals surface area contributed by atoms with Crippen LogP contribution in [0.1, 0.15) is 68.2 Å². The lowest BCUT2D eigenvalue weighted by Gasteiger charge is -2.30. The molecule has 7 nitrogen and oxygen atoms in total. The summed E-state index contributed by atoms with van der Waals surface area (Å²) in [6.45, 7) is 14.3. The molecule has 0 radical (unpaired) electrons. The van der Waals surface area contributed by atoms with Crippen molar-refractivity contribution in [3.05, 3.63) is 0 Å². The normalized spacial score (nSPS) is 22.7. The summed E-state index contributed by atoms with van der Waals surface area (Å²) in [6.07, 6.45) is -0.297. The minimum Gasteiger partial charge on any atom is -0.350 e. The van der Waals surface area contributed by atoms with Gasteiger partial charge in [0, 0.05) is 0 Å². The summed E-state index contributed by atoms with van der Waals surface area (Å²) in [5, 5.41) is 0. The minimum absolute atomic E-state index is 0.280. The zero-order valence-electron chi connectivity index (χ0n) is 16.6.